The molecule has 1 atom stereocenters. The van der Waals surface area contributed by atoms with Gasteiger partial charge in [0.1, 0.15) is 0 Å². The van der Waals surface area contributed by atoms with Crippen LogP contribution < -0.4 is 4.90 Å². The third kappa shape index (κ3) is 3.97. The summed E-state index contributed by atoms with van der Waals surface area (Å²) in [6.45, 7) is 5.49. The highest BCUT2D eigenvalue weighted by Crippen LogP contribution is 2.28. The molecule has 0 aromatic heterocycles. The lowest BCUT2D eigenvalue weighted by Crippen LogP contribution is -2.37. The number of nitrogens with zero attached hydrogens (tertiary/aromatic N) is 1. The molecule has 0 bridgehead atoms. The average Bonchev–Trinajstić information content (AvgIpc) is 2.39. The molecule has 0 radical (unpaired) electrons. The predicted molar refractivity (Wildman–Crippen MR) is 80.2 cm³/mol. The van der Waals surface area contributed by atoms with Gasteiger partial charge in [-0.25, -0.2) is 0 Å². The lowest BCUT2D eigenvalue weighted by atomic mass is 10.1. The Morgan fingerprint density at radius 3 is 2.60 bits per heavy atom. The Bertz CT molecular complexity index is 502. The Hall–Kier alpha value is -1.55. The van der Waals surface area contributed by atoms with E-state index in [1.165, 1.54) is 4.90 Å². The molecule has 1 unspecified atom stereocenters. The number of anilines is 1. The second kappa shape index (κ2) is 7.29. The Morgan fingerprint density at radius 1 is 1.40 bits per heavy atom. The van der Waals surface area contributed by atoms with Crippen LogP contribution in [0.2, 0.25) is 5.02 Å². The molecule has 0 saturated carbocycles. The van der Waals surface area contributed by atoms with Crippen LogP contribution in [0.3, 0.4) is 0 Å². The number of carbonyl (C=O) groups excluding carboxylic acids is 1. The van der Waals surface area contributed by atoms with Gasteiger partial charge in [0.25, 0.3) is 0 Å². The van der Waals surface area contributed by atoms with Crippen molar-refractivity contribution < 1.29 is 14.7 Å². The molecule has 0 saturated heterocycles. The molecular formula is C15H20ClNO3. The molecule has 110 valence electrons. The molecule has 0 heterocycles. The zero-order valence-electron chi connectivity index (χ0n) is 12.0. The van der Waals surface area contributed by atoms with Gasteiger partial charge in [0.05, 0.1) is 5.92 Å². The third-order valence-electron chi connectivity index (χ3n) is 3.17. The summed E-state index contributed by atoms with van der Waals surface area (Å²) in [5, 5.41) is 9.62. The largest absolute Gasteiger partial charge is 0.481 e. The second-order valence-electron chi connectivity index (χ2n) is 4.88. The van der Waals surface area contributed by atoms with Gasteiger partial charge in [-0.05, 0) is 31.0 Å². The molecule has 0 spiro atoms. The van der Waals surface area contributed by atoms with Gasteiger partial charge >= 0.3 is 5.97 Å². The quantitative estimate of drug-likeness (QED) is 0.874. The van der Waals surface area contributed by atoms with Crippen LogP contribution in [-0.4, -0.2) is 23.5 Å². The van der Waals surface area contributed by atoms with E-state index in [0.29, 0.717) is 17.1 Å². The number of carbonyl (C=O) groups is 2. The van der Waals surface area contributed by atoms with Gasteiger partial charge in [-0.1, -0.05) is 31.5 Å². The van der Waals surface area contributed by atoms with Gasteiger partial charge < -0.3 is 10.0 Å². The van der Waals surface area contributed by atoms with Gasteiger partial charge in [-0.15, -0.1) is 0 Å². The topological polar surface area (TPSA) is 57.6 Å². The summed E-state index contributed by atoms with van der Waals surface area (Å²) >= 11 is 6.08. The molecule has 1 rings (SSSR count). The highest BCUT2D eigenvalue weighted by Gasteiger charge is 2.23. The highest BCUT2D eigenvalue weighted by atomic mass is 35.5. The number of carboxylic acids is 1. The fraction of sp³-hybridized carbons (Fsp3) is 0.467. The molecule has 5 heteroatoms. The van der Waals surface area contributed by atoms with Crippen molar-refractivity contribution in [2.24, 2.45) is 5.92 Å². The Morgan fingerprint density at radius 2 is 2.05 bits per heavy atom. The number of rotatable bonds is 6. The average molecular weight is 298 g/mol. The molecule has 1 N–H and O–H groups in total. The molecule has 0 aliphatic heterocycles. The van der Waals surface area contributed by atoms with Gasteiger partial charge in [-0.2, -0.15) is 0 Å². The van der Waals surface area contributed by atoms with Crippen molar-refractivity contribution in [3.8, 4) is 0 Å². The summed E-state index contributed by atoms with van der Waals surface area (Å²) in [6, 6.07) is 5.31. The number of aliphatic carboxylic acids is 1. The molecule has 20 heavy (non-hydrogen) atoms. The molecule has 1 aromatic carbocycles. The third-order valence-corrected chi connectivity index (χ3v) is 3.58. The molecule has 0 fully saturated rings. The summed E-state index contributed by atoms with van der Waals surface area (Å²) in [5.41, 5.74) is 1.47. The van der Waals surface area contributed by atoms with Crippen molar-refractivity contribution in [1.29, 1.82) is 0 Å². The van der Waals surface area contributed by atoms with E-state index in [1.807, 2.05) is 13.8 Å². The molecule has 1 amide bonds. The molecule has 1 aromatic rings. The number of benzene rings is 1. The van der Waals surface area contributed by atoms with Crippen LogP contribution >= 0.6 is 11.6 Å². The van der Waals surface area contributed by atoms with Crippen LogP contribution in [0.1, 0.15) is 32.3 Å². The summed E-state index contributed by atoms with van der Waals surface area (Å²) < 4.78 is 0. The SMILES string of the molecule is CCCC(=O)N(CC(C)C(=O)O)c1cccc(Cl)c1C. The molecular weight excluding hydrogens is 278 g/mol. The van der Waals surface area contributed by atoms with E-state index in [9.17, 15) is 9.59 Å². The summed E-state index contributed by atoms with van der Waals surface area (Å²) in [4.78, 5) is 24.8. The Balaban J connectivity index is 3.12. The van der Waals surface area contributed by atoms with Crippen LogP contribution in [0.15, 0.2) is 18.2 Å². The van der Waals surface area contributed by atoms with E-state index in [4.69, 9.17) is 16.7 Å². The smallest absolute Gasteiger partial charge is 0.308 e. The monoisotopic (exact) mass is 297 g/mol. The van der Waals surface area contributed by atoms with E-state index in [2.05, 4.69) is 0 Å². The maximum Gasteiger partial charge on any atom is 0.308 e. The van der Waals surface area contributed by atoms with Crippen LogP contribution in [0.25, 0.3) is 0 Å². The minimum absolute atomic E-state index is 0.0778. The van der Waals surface area contributed by atoms with Crippen LogP contribution in [0.4, 0.5) is 5.69 Å². The maximum atomic E-state index is 12.3. The fourth-order valence-electron chi connectivity index (χ4n) is 1.92. The first-order valence-corrected chi connectivity index (χ1v) is 7.04. The van der Waals surface area contributed by atoms with Crippen LogP contribution in [0.5, 0.6) is 0 Å². The van der Waals surface area contributed by atoms with E-state index in [1.54, 1.807) is 25.1 Å². The Kier molecular flexibility index (Phi) is 6.02. The Labute approximate surface area is 124 Å². The van der Waals surface area contributed by atoms with Gasteiger partial charge in [0.2, 0.25) is 5.91 Å². The number of hydrogen-bond donors (Lipinski definition) is 1. The first kappa shape index (κ1) is 16.5. The number of hydrogen-bond acceptors (Lipinski definition) is 2. The van der Waals surface area contributed by atoms with E-state index >= 15 is 0 Å². The number of carboxylic acid groups (broad SMARTS) is 1. The normalized spacial score (nSPS) is 12.0. The summed E-state index contributed by atoms with van der Waals surface area (Å²) in [5.74, 6) is -1.63. The first-order chi connectivity index (χ1) is 9.38. The molecule has 4 nitrogen and oxygen atoms in total. The van der Waals surface area contributed by atoms with Crippen molar-refractivity contribution in [2.45, 2.75) is 33.6 Å². The zero-order valence-corrected chi connectivity index (χ0v) is 12.8. The van der Waals surface area contributed by atoms with E-state index < -0.39 is 11.9 Å². The van der Waals surface area contributed by atoms with Crippen molar-refractivity contribution in [1.82, 2.24) is 0 Å². The lowest BCUT2D eigenvalue weighted by Gasteiger charge is -2.26. The van der Waals surface area contributed by atoms with Crippen molar-refractivity contribution in [3.05, 3.63) is 28.8 Å². The predicted octanol–water partition coefficient (Wildman–Crippen LogP) is 3.50. The lowest BCUT2D eigenvalue weighted by molar-refractivity contribution is -0.140. The summed E-state index contributed by atoms with van der Waals surface area (Å²) in [7, 11) is 0. The summed E-state index contributed by atoms with van der Waals surface area (Å²) in [6.07, 6.45) is 1.11. The minimum Gasteiger partial charge on any atom is -0.481 e. The standard InChI is InChI=1S/C15H20ClNO3/c1-4-6-14(18)17(9-10(2)15(19)20)13-8-5-7-12(16)11(13)3/h5,7-8,10H,4,6,9H2,1-3H3,(H,19,20). The van der Waals surface area contributed by atoms with Gasteiger partial charge in [0.15, 0.2) is 0 Å². The molecule has 0 aliphatic rings. The van der Waals surface area contributed by atoms with Crippen LogP contribution in [0, 0.1) is 12.8 Å². The minimum atomic E-state index is -0.918. The maximum absolute atomic E-state index is 12.3. The van der Waals surface area contributed by atoms with E-state index in [0.717, 1.165) is 12.0 Å². The number of amides is 1. The zero-order chi connectivity index (χ0) is 15.3. The van der Waals surface area contributed by atoms with Gasteiger partial charge in [-0.3, -0.25) is 9.59 Å². The molecule has 0 aliphatic carbocycles. The highest BCUT2D eigenvalue weighted by molar-refractivity contribution is 6.31. The van der Waals surface area contributed by atoms with Crippen molar-refractivity contribution in [2.75, 3.05) is 11.4 Å². The van der Waals surface area contributed by atoms with Gasteiger partial charge in [0, 0.05) is 23.7 Å². The first-order valence-electron chi connectivity index (χ1n) is 6.66. The van der Waals surface area contributed by atoms with Crippen molar-refractivity contribution in [3.63, 3.8) is 0 Å². The fourth-order valence-corrected chi connectivity index (χ4v) is 2.09. The van der Waals surface area contributed by atoms with E-state index in [-0.39, 0.29) is 12.5 Å². The number of halogens is 1. The van der Waals surface area contributed by atoms with Crippen molar-refractivity contribution >= 4 is 29.2 Å². The second-order valence-corrected chi connectivity index (χ2v) is 5.28. The van der Waals surface area contributed by atoms with Crippen LogP contribution in [-0.2, 0) is 9.59 Å².